The van der Waals surface area contributed by atoms with Crippen LogP contribution in [0.5, 0.6) is 11.5 Å². The van der Waals surface area contributed by atoms with Crippen LogP contribution in [0, 0.1) is 6.92 Å². The van der Waals surface area contributed by atoms with E-state index in [9.17, 15) is 10.2 Å². The summed E-state index contributed by atoms with van der Waals surface area (Å²) < 4.78 is 0. The highest BCUT2D eigenvalue weighted by molar-refractivity contribution is 5.48. The zero-order valence-corrected chi connectivity index (χ0v) is 7.20. The van der Waals surface area contributed by atoms with E-state index in [1.54, 1.807) is 19.9 Å². The van der Waals surface area contributed by atoms with Crippen molar-refractivity contribution in [3.8, 4) is 11.5 Å². The van der Waals surface area contributed by atoms with E-state index in [1.165, 1.54) is 6.07 Å². The van der Waals surface area contributed by atoms with Gasteiger partial charge in [0.1, 0.15) is 11.5 Å². The third-order valence-corrected chi connectivity index (χ3v) is 1.92. The topological polar surface area (TPSA) is 66.5 Å². The molecule has 3 heteroatoms. The molecule has 1 unspecified atom stereocenters. The molecule has 0 saturated heterocycles. The van der Waals surface area contributed by atoms with E-state index >= 15 is 0 Å². The van der Waals surface area contributed by atoms with Crippen LogP contribution in [0.25, 0.3) is 0 Å². The lowest BCUT2D eigenvalue weighted by atomic mass is 10.0. The molecule has 0 bridgehead atoms. The Kier molecular flexibility index (Phi) is 2.24. The normalized spacial score (nSPS) is 12.9. The minimum atomic E-state index is -0.218. The van der Waals surface area contributed by atoms with Crippen LogP contribution in [0.1, 0.15) is 24.1 Å². The summed E-state index contributed by atoms with van der Waals surface area (Å²) >= 11 is 0. The first-order valence-electron chi connectivity index (χ1n) is 3.81. The van der Waals surface area contributed by atoms with Gasteiger partial charge in [0.15, 0.2) is 0 Å². The van der Waals surface area contributed by atoms with Gasteiger partial charge in [-0.1, -0.05) is 6.07 Å². The van der Waals surface area contributed by atoms with Gasteiger partial charge < -0.3 is 15.9 Å². The Bertz CT molecular complexity index is 295. The van der Waals surface area contributed by atoms with E-state index in [-0.39, 0.29) is 17.5 Å². The Labute approximate surface area is 71.5 Å². The highest BCUT2D eigenvalue weighted by atomic mass is 16.3. The number of rotatable bonds is 1. The number of nitrogens with two attached hydrogens (primary N) is 1. The first kappa shape index (κ1) is 8.87. The lowest BCUT2D eigenvalue weighted by Crippen LogP contribution is -2.05. The quantitative estimate of drug-likeness (QED) is 0.592. The molecular weight excluding hydrogens is 154 g/mol. The van der Waals surface area contributed by atoms with E-state index < -0.39 is 0 Å². The second-order valence-electron chi connectivity index (χ2n) is 2.94. The summed E-state index contributed by atoms with van der Waals surface area (Å²) in [6.45, 7) is 3.43. The highest BCUT2D eigenvalue weighted by Crippen LogP contribution is 2.31. The molecule has 0 fully saturated rings. The second-order valence-corrected chi connectivity index (χ2v) is 2.94. The third kappa shape index (κ3) is 1.36. The van der Waals surface area contributed by atoms with Gasteiger partial charge in [-0.2, -0.15) is 0 Å². The van der Waals surface area contributed by atoms with Gasteiger partial charge in [-0.3, -0.25) is 0 Å². The Hall–Kier alpha value is -1.22. The highest BCUT2D eigenvalue weighted by Gasteiger charge is 2.10. The lowest BCUT2D eigenvalue weighted by molar-refractivity contribution is 0.436. The van der Waals surface area contributed by atoms with Crippen molar-refractivity contribution in [2.24, 2.45) is 5.73 Å². The lowest BCUT2D eigenvalue weighted by Gasteiger charge is -2.10. The summed E-state index contributed by atoms with van der Waals surface area (Å²) in [4.78, 5) is 0. The standard InChI is InChI=1S/C9H13NO2/c1-5-8(11)4-3-7(6(2)10)9(5)12/h3-4,6,11-12H,10H2,1-2H3. The molecule has 1 aromatic carbocycles. The molecule has 0 radical (unpaired) electrons. The number of hydrogen-bond acceptors (Lipinski definition) is 3. The molecule has 3 nitrogen and oxygen atoms in total. The van der Waals surface area contributed by atoms with Gasteiger partial charge in [0.25, 0.3) is 0 Å². The van der Waals surface area contributed by atoms with Crippen LogP contribution in [0.3, 0.4) is 0 Å². The van der Waals surface area contributed by atoms with Crippen LogP contribution in [0.2, 0.25) is 0 Å². The molecule has 0 spiro atoms. The van der Waals surface area contributed by atoms with Crippen molar-refractivity contribution in [3.63, 3.8) is 0 Å². The first-order chi connectivity index (χ1) is 5.54. The smallest absolute Gasteiger partial charge is 0.126 e. The van der Waals surface area contributed by atoms with Gasteiger partial charge >= 0.3 is 0 Å². The van der Waals surface area contributed by atoms with E-state index in [2.05, 4.69) is 0 Å². The molecule has 0 heterocycles. The largest absolute Gasteiger partial charge is 0.508 e. The minimum Gasteiger partial charge on any atom is -0.508 e. The number of phenolic OH excluding ortho intramolecular Hbond substituents is 2. The fraction of sp³-hybridized carbons (Fsp3) is 0.333. The molecule has 0 aliphatic carbocycles. The van der Waals surface area contributed by atoms with Crippen LogP contribution in [-0.4, -0.2) is 10.2 Å². The Morgan fingerprint density at radius 3 is 2.42 bits per heavy atom. The number of benzene rings is 1. The third-order valence-electron chi connectivity index (χ3n) is 1.92. The Balaban J connectivity index is 3.27. The van der Waals surface area contributed by atoms with E-state index in [0.717, 1.165) is 0 Å². The summed E-state index contributed by atoms with van der Waals surface area (Å²) in [7, 11) is 0. The van der Waals surface area contributed by atoms with Crippen LogP contribution in [0.15, 0.2) is 12.1 Å². The van der Waals surface area contributed by atoms with Crippen molar-refractivity contribution < 1.29 is 10.2 Å². The molecule has 0 saturated carbocycles. The molecule has 0 aliphatic rings. The zero-order valence-electron chi connectivity index (χ0n) is 7.20. The maximum atomic E-state index is 9.51. The SMILES string of the molecule is Cc1c(O)ccc(C(C)N)c1O. The zero-order chi connectivity index (χ0) is 9.30. The monoisotopic (exact) mass is 167 g/mol. The average Bonchev–Trinajstić information content (AvgIpc) is 2.00. The molecule has 0 amide bonds. The van der Waals surface area contributed by atoms with Gasteiger partial charge in [0.2, 0.25) is 0 Å². The Morgan fingerprint density at radius 1 is 1.33 bits per heavy atom. The van der Waals surface area contributed by atoms with Crippen molar-refractivity contribution in [1.29, 1.82) is 0 Å². The predicted molar refractivity (Wildman–Crippen MR) is 47.1 cm³/mol. The summed E-state index contributed by atoms with van der Waals surface area (Å²) in [5.74, 6) is 0.182. The van der Waals surface area contributed by atoms with Crippen LogP contribution >= 0.6 is 0 Å². The van der Waals surface area contributed by atoms with Crippen molar-refractivity contribution in [2.45, 2.75) is 19.9 Å². The molecule has 12 heavy (non-hydrogen) atoms. The fourth-order valence-electron chi connectivity index (χ4n) is 1.08. The van der Waals surface area contributed by atoms with Crippen molar-refractivity contribution >= 4 is 0 Å². The molecule has 1 aromatic rings. The summed E-state index contributed by atoms with van der Waals surface area (Å²) in [6, 6.07) is 2.94. The van der Waals surface area contributed by atoms with E-state index in [4.69, 9.17) is 5.73 Å². The van der Waals surface area contributed by atoms with Gasteiger partial charge in [-0.05, 0) is 19.9 Å². The summed E-state index contributed by atoms with van der Waals surface area (Å²) in [5, 5.41) is 18.7. The van der Waals surface area contributed by atoms with E-state index in [1.807, 2.05) is 0 Å². The predicted octanol–water partition coefficient (Wildman–Crippen LogP) is 1.43. The van der Waals surface area contributed by atoms with Crippen LogP contribution < -0.4 is 5.73 Å². The van der Waals surface area contributed by atoms with Gasteiger partial charge in [-0.25, -0.2) is 0 Å². The first-order valence-corrected chi connectivity index (χ1v) is 3.81. The van der Waals surface area contributed by atoms with Crippen LogP contribution in [0.4, 0.5) is 0 Å². The molecule has 66 valence electrons. The maximum Gasteiger partial charge on any atom is 0.126 e. The number of phenols is 2. The molecule has 0 aromatic heterocycles. The molecule has 4 N–H and O–H groups in total. The fourth-order valence-corrected chi connectivity index (χ4v) is 1.08. The number of aromatic hydroxyl groups is 2. The average molecular weight is 167 g/mol. The molecule has 0 aliphatic heterocycles. The summed E-state index contributed by atoms with van der Waals surface area (Å²) in [6.07, 6.45) is 0. The van der Waals surface area contributed by atoms with Gasteiger partial charge in [0, 0.05) is 17.2 Å². The van der Waals surface area contributed by atoms with Gasteiger partial charge in [-0.15, -0.1) is 0 Å². The maximum absolute atomic E-state index is 9.51. The molecule has 1 rings (SSSR count). The van der Waals surface area contributed by atoms with Crippen molar-refractivity contribution in [2.75, 3.05) is 0 Å². The molecule has 1 atom stereocenters. The second kappa shape index (κ2) is 3.03. The molecular formula is C9H13NO2. The van der Waals surface area contributed by atoms with Crippen molar-refractivity contribution in [1.82, 2.24) is 0 Å². The van der Waals surface area contributed by atoms with Crippen molar-refractivity contribution in [3.05, 3.63) is 23.3 Å². The number of hydrogen-bond donors (Lipinski definition) is 3. The van der Waals surface area contributed by atoms with Crippen LogP contribution in [-0.2, 0) is 0 Å². The van der Waals surface area contributed by atoms with E-state index in [0.29, 0.717) is 11.1 Å². The summed E-state index contributed by atoms with van der Waals surface area (Å²) in [5.41, 5.74) is 6.73. The Morgan fingerprint density at radius 2 is 1.92 bits per heavy atom. The minimum absolute atomic E-state index is 0.0880. The van der Waals surface area contributed by atoms with Gasteiger partial charge in [0.05, 0.1) is 0 Å².